The van der Waals surface area contributed by atoms with Gasteiger partial charge in [-0.1, -0.05) is 24.3 Å². The summed E-state index contributed by atoms with van der Waals surface area (Å²) in [5.41, 5.74) is 5.65. The highest BCUT2D eigenvalue weighted by Gasteiger charge is 2.69. The Morgan fingerprint density at radius 1 is 0.974 bits per heavy atom. The fourth-order valence-corrected chi connectivity index (χ4v) is 7.22. The Hall–Kier alpha value is -2.90. The molecule has 7 nitrogen and oxygen atoms in total. The van der Waals surface area contributed by atoms with Crippen molar-refractivity contribution in [2.75, 3.05) is 44.2 Å². The number of aromatic nitrogens is 2. The Morgan fingerprint density at radius 3 is 2.34 bits per heavy atom. The molecule has 38 heavy (non-hydrogen) atoms. The molecule has 0 bridgehead atoms. The molecule has 4 fully saturated rings. The van der Waals surface area contributed by atoms with Crippen molar-refractivity contribution >= 4 is 17.1 Å². The Morgan fingerprint density at radius 2 is 1.71 bits per heavy atom. The van der Waals surface area contributed by atoms with Gasteiger partial charge in [-0.3, -0.25) is 4.79 Å². The highest BCUT2D eigenvalue weighted by atomic mass is 16.3. The van der Waals surface area contributed by atoms with Crippen molar-refractivity contribution in [1.82, 2.24) is 19.4 Å². The van der Waals surface area contributed by atoms with Crippen molar-refractivity contribution in [2.45, 2.75) is 57.1 Å². The number of hydrogen-bond donors (Lipinski definition) is 1. The Bertz CT molecular complexity index is 1330. The summed E-state index contributed by atoms with van der Waals surface area (Å²) in [6.45, 7) is 10.1. The van der Waals surface area contributed by atoms with Gasteiger partial charge in [0.1, 0.15) is 0 Å². The minimum Gasteiger partial charge on any atom is -0.390 e. The van der Waals surface area contributed by atoms with Gasteiger partial charge in [0, 0.05) is 62.0 Å². The molecule has 2 saturated heterocycles. The summed E-state index contributed by atoms with van der Waals surface area (Å²) in [5.74, 6) is 1.17. The lowest BCUT2D eigenvalue weighted by atomic mass is 9.81. The quantitative estimate of drug-likeness (QED) is 0.559. The molecular weight excluding hydrogens is 474 g/mol. The monoisotopic (exact) mass is 513 g/mol. The standard InChI is InChI=1S/C31H39N5O2/c1-21(2)33-11-8-24(9-12-33)22-3-5-23(6-4-22)25-17-29-28(7-10-32-36(29)20-25)34-13-15-35(16-14-34)30(37)26-18-31(38)19-27(26)31/h3-7,10,17,20-21,24,26-27,38H,8-9,11-16,18-19H2,1-2H3/t26-,27?,31+/m1/s1. The van der Waals surface area contributed by atoms with Gasteiger partial charge in [-0.2, -0.15) is 5.10 Å². The largest absolute Gasteiger partial charge is 0.390 e. The van der Waals surface area contributed by atoms with Crippen LogP contribution >= 0.6 is 0 Å². The van der Waals surface area contributed by atoms with Crippen LogP contribution in [0.5, 0.6) is 0 Å². The van der Waals surface area contributed by atoms with E-state index in [9.17, 15) is 9.90 Å². The molecule has 2 saturated carbocycles. The molecule has 0 spiro atoms. The third kappa shape index (κ3) is 4.11. The first kappa shape index (κ1) is 24.2. The van der Waals surface area contributed by atoms with Crippen LogP contribution in [0.25, 0.3) is 16.6 Å². The minimum absolute atomic E-state index is 0.0478. The molecule has 3 aromatic rings. The van der Waals surface area contributed by atoms with E-state index in [-0.39, 0.29) is 17.7 Å². The van der Waals surface area contributed by atoms with E-state index in [1.165, 1.54) is 48.3 Å². The lowest BCUT2D eigenvalue weighted by Gasteiger charge is -2.40. The van der Waals surface area contributed by atoms with Crippen LogP contribution in [0.3, 0.4) is 0 Å². The summed E-state index contributed by atoms with van der Waals surface area (Å²) in [4.78, 5) is 19.9. The average Bonchev–Trinajstić information content (AvgIpc) is 3.26. The molecule has 0 radical (unpaired) electrons. The van der Waals surface area contributed by atoms with Gasteiger partial charge in [0.05, 0.1) is 16.8 Å². The van der Waals surface area contributed by atoms with Crippen LogP contribution < -0.4 is 4.90 Å². The summed E-state index contributed by atoms with van der Waals surface area (Å²) in [6, 6.07) is 14.2. The molecule has 1 amide bonds. The van der Waals surface area contributed by atoms with Gasteiger partial charge in [-0.15, -0.1) is 0 Å². The van der Waals surface area contributed by atoms with Crippen molar-refractivity contribution in [3.05, 3.63) is 54.4 Å². The number of anilines is 1. The Labute approximate surface area is 225 Å². The van der Waals surface area contributed by atoms with Gasteiger partial charge >= 0.3 is 0 Å². The molecule has 7 heteroatoms. The summed E-state index contributed by atoms with van der Waals surface area (Å²) in [6.07, 6.45) is 7.95. The molecule has 2 aliphatic heterocycles. The molecule has 200 valence electrons. The fraction of sp³-hybridized carbons (Fsp3) is 0.548. The number of carbonyl (C=O) groups excluding carboxylic acids is 1. The molecule has 4 aliphatic rings. The number of piperazine rings is 1. The minimum atomic E-state index is -0.497. The number of likely N-dealkylation sites (tertiary alicyclic amines) is 1. The van der Waals surface area contributed by atoms with Crippen molar-refractivity contribution in [3.8, 4) is 11.1 Å². The van der Waals surface area contributed by atoms with E-state index in [2.05, 4.69) is 71.3 Å². The van der Waals surface area contributed by atoms with Crippen LogP contribution in [0, 0.1) is 11.8 Å². The second-order valence-corrected chi connectivity index (χ2v) is 12.3. The van der Waals surface area contributed by atoms with Gasteiger partial charge in [-0.25, -0.2) is 4.52 Å². The number of fused-ring (bicyclic) bond motifs is 2. The summed E-state index contributed by atoms with van der Waals surface area (Å²) in [5, 5.41) is 14.7. The molecular formula is C31H39N5O2. The topological polar surface area (TPSA) is 64.3 Å². The highest BCUT2D eigenvalue weighted by molar-refractivity contribution is 5.83. The molecule has 1 unspecified atom stereocenters. The van der Waals surface area contributed by atoms with Gasteiger partial charge < -0.3 is 19.8 Å². The van der Waals surface area contributed by atoms with Gasteiger partial charge in [0.15, 0.2) is 0 Å². The van der Waals surface area contributed by atoms with Crippen molar-refractivity contribution < 1.29 is 9.90 Å². The normalized spacial score (nSPS) is 28.0. The van der Waals surface area contributed by atoms with Crippen LogP contribution in [0.2, 0.25) is 0 Å². The summed E-state index contributed by atoms with van der Waals surface area (Å²) in [7, 11) is 0. The number of hydrogen-bond acceptors (Lipinski definition) is 5. The number of carbonyl (C=O) groups is 1. The van der Waals surface area contributed by atoms with Crippen molar-refractivity contribution in [1.29, 1.82) is 0 Å². The molecule has 2 aliphatic carbocycles. The SMILES string of the molecule is CC(C)N1CCC(c2ccc(-c3cc4c(N5CCN(C(=O)[C@@H]6C[C@]7(O)CC67)CC5)ccnn4c3)cc2)CC1. The van der Waals surface area contributed by atoms with E-state index >= 15 is 0 Å². The van der Waals surface area contributed by atoms with Crippen LogP contribution in [-0.4, -0.2) is 81.3 Å². The molecule has 1 aromatic carbocycles. The van der Waals surface area contributed by atoms with Gasteiger partial charge in [0.25, 0.3) is 0 Å². The van der Waals surface area contributed by atoms with E-state index < -0.39 is 5.60 Å². The molecule has 1 N–H and O–H groups in total. The maximum absolute atomic E-state index is 12.9. The van der Waals surface area contributed by atoms with E-state index in [1.54, 1.807) is 0 Å². The molecule has 4 heterocycles. The predicted octanol–water partition coefficient (Wildman–Crippen LogP) is 4.01. The Balaban J connectivity index is 1.03. The summed E-state index contributed by atoms with van der Waals surface area (Å²) >= 11 is 0. The van der Waals surface area contributed by atoms with Crippen LogP contribution in [-0.2, 0) is 4.79 Å². The van der Waals surface area contributed by atoms with Gasteiger partial charge in [-0.05, 0) is 81.8 Å². The van der Waals surface area contributed by atoms with Crippen LogP contribution in [0.15, 0.2) is 48.8 Å². The van der Waals surface area contributed by atoms with Crippen molar-refractivity contribution in [3.63, 3.8) is 0 Å². The van der Waals surface area contributed by atoms with E-state index in [0.717, 1.165) is 38.1 Å². The number of nitrogens with zero attached hydrogens (tertiary/aromatic N) is 5. The zero-order valence-corrected chi connectivity index (χ0v) is 22.6. The van der Waals surface area contributed by atoms with E-state index in [1.807, 2.05) is 15.6 Å². The number of amides is 1. The smallest absolute Gasteiger partial charge is 0.226 e. The van der Waals surface area contributed by atoms with Crippen molar-refractivity contribution in [2.24, 2.45) is 11.8 Å². The first-order valence-electron chi connectivity index (χ1n) is 14.5. The third-order valence-electron chi connectivity index (χ3n) is 9.87. The first-order valence-corrected chi connectivity index (χ1v) is 14.5. The maximum atomic E-state index is 12.9. The van der Waals surface area contributed by atoms with E-state index in [4.69, 9.17) is 0 Å². The zero-order valence-electron chi connectivity index (χ0n) is 22.6. The van der Waals surface area contributed by atoms with Gasteiger partial charge in [0.2, 0.25) is 5.91 Å². The third-order valence-corrected chi connectivity index (χ3v) is 9.87. The average molecular weight is 514 g/mol. The number of rotatable bonds is 5. The number of piperidine rings is 1. The highest BCUT2D eigenvalue weighted by Crippen LogP contribution is 2.63. The zero-order chi connectivity index (χ0) is 26.0. The maximum Gasteiger partial charge on any atom is 0.226 e. The second kappa shape index (κ2) is 9.09. The fourth-order valence-electron chi connectivity index (χ4n) is 7.22. The lowest BCUT2D eigenvalue weighted by molar-refractivity contribution is -0.143. The molecule has 7 rings (SSSR count). The predicted molar refractivity (Wildman–Crippen MR) is 149 cm³/mol. The Kier molecular flexibility index (Phi) is 5.78. The summed E-state index contributed by atoms with van der Waals surface area (Å²) < 4.78 is 1.99. The van der Waals surface area contributed by atoms with Crippen LogP contribution in [0.4, 0.5) is 5.69 Å². The lowest BCUT2D eigenvalue weighted by Crippen LogP contribution is -2.53. The number of benzene rings is 1. The molecule has 3 atom stereocenters. The van der Waals surface area contributed by atoms with E-state index in [0.29, 0.717) is 18.4 Å². The first-order chi connectivity index (χ1) is 18.4. The van der Waals surface area contributed by atoms with Crippen LogP contribution in [0.1, 0.15) is 51.0 Å². The molecule has 2 aromatic heterocycles. The second-order valence-electron chi connectivity index (χ2n) is 12.3. The number of aliphatic hydroxyl groups is 1.